The molecular formula is C32H42BrISi. The van der Waals surface area contributed by atoms with Crippen LogP contribution in [0.1, 0.15) is 81.5 Å². The Labute approximate surface area is 238 Å². The van der Waals surface area contributed by atoms with Crippen LogP contribution in [0.2, 0.25) is 19.6 Å². The van der Waals surface area contributed by atoms with E-state index in [1.165, 1.54) is 20.3 Å². The third-order valence-electron chi connectivity index (χ3n) is 5.23. The van der Waals surface area contributed by atoms with Crippen molar-refractivity contribution in [3.8, 4) is 11.5 Å². The molecule has 0 aliphatic heterocycles. The van der Waals surface area contributed by atoms with E-state index in [1.54, 1.807) is 0 Å². The van der Waals surface area contributed by atoms with Crippen LogP contribution in [0.4, 0.5) is 0 Å². The van der Waals surface area contributed by atoms with Crippen molar-refractivity contribution in [2.75, 3.05) is 0 Å². The Balaban J connectivity index is 0.000000271. The van der Waals surface area contributed by atoms with Crippen molar-refractivity contribution in [1.29, 1.82) is 0 Å². The minimum Gasteiger partial charge on any atom is -0.127 e. The Kier molecular flexibility index (Phi) is 14.2. The smallest absolute Gasteiger partial charge is 0.127 e. The summed E-state index contributed by atoms with van der Waals surface area (Å²) in [5.74, 6) is 5.15. The van der Waals surface area contributed by atoms with Gasteiger partial charge in [-0.2, -0.15) is 0 Å². The van der Waals surface area contributed by atoms with Crippen molar-refractivity contribution >= 4 is 46.6 Å². The molecule has 0 atom stereocenters. The monoisotopic (exact) mass is 660 g/mol. The largest absolute Gasteiger partial charge is 0.129 e. The van der Waals surface area contributed by atoms with E-state index in [9.17, 15) is 0 Å². The first-order valence-electron chi connectivity index (χ1n) is 12.4. The second-order valence-corrected chi connectivity index (χ2v) is 17.6. The Morgan fingerprint density at radius 3 is 1.29 bits per heavy atom. The highest BCUT2D eigenvalue weighted by Crippen LogP contribution is 2.17. The van der Waals surface area contributed by atoms with Crippen LogP contribution in [0, 0.1) is 15.0 Å². The fraction of sp³-hybridized carbons (Fsp3) is 0.375. The van der Waals surface area contributed by atoms with Gasteiger partial charge in [-0.1, -0.05) is 119 Å². The maximum Gasteiger partial charge on any atom is 0.129 e. The average molecular weight is 662 g/mol. The van der Waals surface area contributed by atoms with E-state index in [1.807, 2.05) is 0 Å². The van der Waals surface area contributed by atoms with Crippen LogP contribution in [0.5, 0.6) is 0 Å². The highest BCUT2D eigenvalue weighted by Gasteiger charge is 2.07. The van der Waals surface area contributed by atoms with Gasteiger partial charge in [0, 0.05) is 13.6 Å². The van der Waals surface area contributed by atoms with E-state index < -0.39 is 8.07 Å². The summed E-state index contributed by atoms with van der Waals surface area (Å²) in [4.78, 5) is 0. The van der Waals surface area contributed by atoms with Crippen LogP contribution in [0.3, 0.4) is 0 Å². The Morgan fingerprint density at radius 1 is 0.600 bits per heavy atom. The molecule has 0 aliphatic carbocycles. The van der Waals surface area contributed by atoms with Crippen LogP contribution in [-0.4, -0.2) is 8.07 Å². The summed E-state index contributed by atoms with van der Waals surface area (Å²) < 4.78 is 2.46. The summed E-state index contributed by atoms with van der Waals surface area (Å²) in [6.07, 6.45) is 0. The summed E-state index contributed by atoms with van der Waals surface area (Å²) in [6.45, 7) is 20.0. The van der Waals surface area contributed by atoms with Crippen LogP contribution in [0.25, 0.3) is 0 Å². The first kappa shape index (κ1) is 31.7. The molecule has 0 amide bonds. The average Bonchev–Trinajstić information content (AvgIpc) is 2.79. The molecule has 0 bridgehead atoms. The Morgan fingerprint density at radius 2 is 0.943 bits per heavy atom. The topological polar surface area (TPSA) is 0 Å². The van der Waals surface area contributed by atoms with E-state index in [0.29, 0.717) is 17.8 Å². The van der Waals surface area contributed by atoms with Crippen molar-refractivity contribution < 1.29 is 0 Å². The molecular weight excluding hydrogens is 619 g/mol. The zero-order valence-corrected chi connectivity index (χ0v) is 27.7. The SMILES string of the molecule is CC(C)c1ccc(Br)cc1.CC(C)c1ccc(C#C[Si](C)(C)C)cc1.CC(C)c1ccc(I)cc1. The lowest BCUT2D eigenvalue weighted by atomic mass is 10.0. The molecule has 0 saturated carbocycles. The van der Waals surface area contributed by atoms with E-state index >= 15 is 0 Å². The summed E-state index contributed by atoms with van der Waals surface area (Å²) in [7, 11) is -1.24. The molecule has 0 N–H and O–H groups in total. The van der Waals surface area contributed by atoms with Crippen molar-refractivity contribution in [3.05, 3.63) is 103 Å². The van der Waals surface area contributed by atoms with Crippen molar-refractivity contribution in [1.82, 2.24) is 0 Å². The maximum absolute atomic E-state index is 3.39. The number of rotatable bonds is 3. The van der Waals surface area contributed by atoms with Gasteiger partial charge in [0.2, 0.25) is 0 Å². The van der Waals surface area contributed by atoms with Gasteiger partial charge >= 0.3 is 0 Å². The van der Waals surface area contributed by atoms with E-state index in [4.69, 9.17) is 0 Å². The number of halogens is 2. The van der Waals surface area contributed by atoms with Gasteiger partial charge in [-0.05, 0) is 93.4 Å². The van der Waals surface area contributed by atoms with Crippen molar-refractivity contribution in [3.63, 3.8) is 0 Å². The van der Waals surface area contributed by atoms with Gasteiger partial charge in [-0.3, -0.25) is 0 Å². The Bertz CT molecular complexity index is 997. The quantitative estimate of drug-likeness (QED) is 0.149. The van der Waals surface area contributed by atoms with E-state index in [0.717, 1.165) is 10.0 Å². The van der Waals surface area contributed by atoms with Crippen LogP contribution >= 0.6 is 38.5 Å². The van der Waals surface area contributed by atoms with Crippen molar-refractivity contribution in [2.24, 2.45) is 0 Å². The molecule has 0 heterocycles. The third kappa shape index (κ3) is 14.1. The summed E-state index contributed by atoms with van der Waals surface area (Å²) in [6, 6.07) is 25.7. The van der Waals surface area contributed by atoms with Gasteiger partial charge in [-0.15, -0.1) is 5.54 Å². The van der Waals surface area contributed by atoms with Crippen LogP contribution < -0.4 is 0 Å². The van der Waals surface area contributed by atoms with Gasteiger partial charge in [0.1, 0.15) is 8.07 Å². The summed E-state index contributed by atoms with van der Waals surface area (Å²) in [5.41, 5.74) is 8.71. The molecule has 0 saturated heterocycles. The third-order valence-corrected chi connectivity index (χ3v) is 7.36. The molecule has 0 aliphatic rings. The standard InChI is InChI=1S/C14H20Si.C9H11Br.C9H11I/c1-12(2)14-8-6-13(7-9-14)10-11-15(3,4)5;2*1-7(2)8-3-5-9(10)6-4-8/h6-9,12H,1-5H3;2*3-7H,1-2H3. The molecule has 3 heteroatoms. The van der Waals surface area contributed by atoms with Gasteiger partial charge in [-0.25, -0.2) is 0 Å². The molecule has 3 rings (SSSR count). The maximum atomic E-state index is 3.39. The van der Waals surface area contributed by atoms with Gasteiger partial charge in [0.15, 0.2) is 0 Å². The summed E-state index contributed by atoms with van der Waals surface area (Å²) in [5, 5.41) is 0. The molecule has 0 nitrogen and oxygen atoms in total. The minimum absolute atomic E-state index is 0.601. The molecule has 0 spiro atoms. The molecule has 0 unspecified atom stereocenters. The lowest BCUT2D eigenvalue weighted by Crippen LogP contribution is -2.16. The first-order chi connectivity index (χ1) is 16.3. The van der Waals surface area contributed by atoms with Crippen molar-refractivity contribution in [2.45, 2.75) is 78.9 Å². The molecule has 3 aromatic carbocycles. The van der Waals surface area contributed by atoms with Gasteiger partial charge in [0.05, 0.1) is 0 Å². The lowest BCUT2D eigenvalue weighted by molar-refractivity contribution is 0.866. The van der Waals surface area contributed by atoms with Crippen LogP contribution in [-0.2, 0) is 0 Å². The molecule has 188 valence electrons. The van der Waals surface area contributed by atoms with E-state index in [-0.39, 0.29) is 0 Å². The molecule has 35 heavy (non-hydrogen) atoms. The number of hydrogen-bond donors (Lipinski definition) is 0. The molecule has 0 fully saturated rings. The number of benzene rings is 3. The molecule has 3 aromatic rings. The second kappa shape index (κ2) is 15.7. The molecule has 0 aromatic heterocycles. The van der Waals surface area contributed by atoms with Gasteiger partial charge < -0.3 is 0 Å². The second-order valence-electron chi connectivity index (χ2n) is 10.7. The highest BCUT2D eigenvalue weighted by atomic mass is 127. The fourth-order valence-corrected chi connectivity index (χ4v) is 4.05. The fourth-order valence-electron chi connectivity index (χ4n) is 2.91. The van der Waals surface area contributed by atoms with E-state index in [2.05, 4.69) is 184 Å². The predicted molar refractivity (Wildman–Crippen MR) is 172 cm³/mol. The predicted octanol–water partition coefficient (Wildman–Crippen LogP) is 11.0. The Hall–Kier alpha value is -1.35. The van der Waals surface area contributed by atoms with Gasteiger partial charge in [0.25, 0.3) is 0 Å². The zero-order chi connectivity index (χ0) is 26.6. The zero-order valence-electron chi connectivity index (χ0n) is 22.9. The van der Waals surface area contributed by atoms with Crippen LogP contribution in [0.15, 0.2) is 77.3 Å². The molecule has 0 radical (unpaired) electrons. The first-order valence-corrected chi connectivity index (χ1v) is 17.8. The minimum atomic E-state index is -1.24. The normalized spacial score (nSPS) is 10.7. The highest BCUT2D eigenvalue weighted by molar-refractivity contribution is 14.1. The number of hydrogen-bond acceptors (Lipinski definition) is 0. The lowest BCUT2D eigenvalue weighted by Gasteiger charge is -2.05. The summed E-state index contributed by atoms with van der Waals surface area (Å²) >= 11 is 5.71.